The third kappa shape index (κ3) is 3.95. The van der Waals surface area contributed by atoms with Crippen LogP contribution in [0.3, 0.4) is 0 Å². The third-order valence-electron chi connectivity index (χ3n) is 5.66. The molecule has 178 valence electrons. The highest BCUT2D eigenvalue weighted by Crippen LogP contribution is 2.35. The number of aromatic amines is 1. The van der Waals surface area contributed by atoms with Crippen LogP contribution in [-0.2, 0) is 10.0 Å². The van der Waals surface area contributed by atoms with Gasteiger partial charge in [0.25, 0.3) is 0 Å². The molecular weight excluding hydrogens is 472 g/mol. The van der Waals surface area contributed by atoms with Gasteiger partial charge in [0.2, 0.25) is 16.0 Å². The summed E-state index contributed by atoms with van der Waals surface area (Å²) >= 11 is 0. The number of benzene rings is 3. The second-order valence-electron chi connectivity index (χ2n) is 8.36. The SMILES string of the molecule is CC(C)S(=O)(=O)n1c(N)nc2ccc(-c3nc(-c4cc(F)cc(F)c4)[nH]c3-c3ccccc3)cc21. The molecule has 0 atom stereocenters. The number of rotatable bonds is 5. The molecule has 0 aliphatic rings. The Morgan fingerprint density at radius 1 is 0.886 bits per heavy atom. The fraction of sp³-hybridized carbons (Fsp3) is 0.120. The number of nitrogens with one attached hydrogen (secondary N) is 1. The molecule has 0 saturated heterocycles. The molecule has 2 aromatic heterocycles. The molecule has 3 aromatic carbocycles. The van der Waals surface area contributed by atoms with Crippen molar-refractivity contribution in [1.29, 1.82) is 0 Å². The number of H-pyrrole nitrogens is 1. The monoisotopic (exact) mass is 493 g/mol. The van der Waals surface area contributed by atoms with Gasteiger partial charge in [-0.15, -0.1) is 0 Å². The standard InChI is InChI=1S/C25H21F2N5O2S/c1-14(2)35(33,34)32-21-12-16(8-9-20(21)29-25(32)28)23-22(15-6-4-3-5-7-15)30-24(31-23)17-10-18(26)13-19(27)11-17/h3-14H,1-2H3,(H2,28,29)(H,30,31). The van der Waals surface area contributed by atoms with Gasteiger partial charge in [-0.1, -0.05) is 36.4 Å². The molecule has 0 amide bonds. The van der Waals surface area contributed by atoms with Crippen LogP contribution in [0.25, 0.3) is 44.9 Å². The van der Waals surface area contributed by atoms with Crippen LogP contribution in [0.2, 0.25) is 0 Å². The molecule has 0 aliphatic heterocycles. The summed E-state index contributed by atoms with van der Waals surface area (Å²) in [6.45, 7) is 3.13. The summed E-state index contributed by atoms with van der Waals surface area (Å²) in [5.74, 6) is -1.31. The number of hydrogen-bond acceptors (Lipinski definition) is 5. The Labute approximate surface area is 200 Å². The first kappa shape index (κ1) is 22.7. The lowest BCUT2D eigenvalue weighted by atomic mass is 10.0. The van der Waals surface area contributed by atoms with Crippen LogP contribution in [0.4, 0.5) is 14.7 Å². The van der Waals surface area contributed by atoms with Crippen molar-refractivity contribution in [2.75, 3.05) is 5.73 Å². The van der Waals surface area contributed by atoms with Gasteiger partial charge in [-0.3, -0.25) is 0 Å². The number of imidazole rings is 2. The van der Waals surface area contributed by atoms with E-state index >= 15 is 0 Å². The molecule has 3 N–H and O–H groups in total. The van der Waals surface area contributed by atoms with Crippen molar-refractivity contribution < 1.29 is 17.2 Å². The predicted molar refractivity (Wildman–Crippen MR) is 132 cm³/mol. The average Bonchev–Trinajstić information content (AvgIpc) is 3.39. The van der Waals surface area contributed by atoms with Gasteiger partial charge in [-0.05, 0) is 38.1 Å². The van der Waals surface area contributed by atoms with Crippen molar-refractivity contribution in [3.8, 4) is 33.9 Å². The van der Waals surface area contributed by atoms with Crippen LogP contribution in [0.15, 0.2) is 66.7 Å². The van der Waals surface area contributed by atoms with Gasteiger partial charge in [-0.2, -0.15) is 0 Å². The van der Waals surface area contributed by atoms with E-state index in [9.17, 15) is 17.2 Å². The zero-order valence-electron chi connectivity index (χ0n) is 18.8. The number of nitrogens with zero attached hydrogens (tertiary/aromatic N) is 3. The Bertz CT molecular complexity index is 1660. The van der Waals surface area contributed by atoms with Gasteiger partial charge in [-0.25, -0.2) is 31.1 Å². The third-order valence-corrected chi connectivity index (χ3v) is 7.75. The number of anilines is 1. The number of fused-ring (bicyclic) bond motifs is 1. The zero-order valence-corrected chi connectivity index (χ0v) is 19.6. The number of nitrogen functional groups attached to an aromatic ring is 1. The number of halogens is 2. The minimum atomic E-state index is -3.78. The minimum absolute atomic E-state index is 0.132. The summed E-state index contributed by atoms with van der Waals surface area (Å²) in [6, 6.07) is 17.6. The van der Waals surface area contributed by atoms with Crippen LogP contribution in [-0.4, -0.2) is 32.6 Å². The van der Waals surface area contributed by atoms with Gasteiger partial charge in [0.05, 0.1) is 27.7 Å². The van der Waals surface area contributed by atoms with E-state index in [-0.39, 0.29) is 17.3 Å². The van der Waals surface area contributed by atoms with Crippen LogP contribution < -0.4 is 5.73 Å². The predicted octanol–water partition coefficient (Wildman–Crippen LogP) is 5.21. The van der Waals surface area contributed by atoms with Crippen molar-refractivity contribution in [2.45, 2.75) is 19.1 Å². The second-order valence-corrected chi connectivity index (χ2v) is 10.7. The van der Waals surface area contributed by atoms with E-state index in [2.05, 4.69) is 15.0 Å². The van der Waals surface area contributed by atoms with E-state index in [4.69, 9.17) is 5.73 Å². The van der Waals surface area contributed by atoms with E-state index in [1.165, 1.54) is 12.1 Å². The maximum absolute atomic E-state index is 13.9. The van der Waals surface area contributed by atoms with E-state index in [0.717, 1.165) is 15.6 Å². The fourth-order valence-corrected chi connectivity index (χ4v) is 5.07. The van der Waals surface area contributed by atoms with Gasteiger partial charge < -0.3 is 10.7 Å². The molecule has 0 bridgehead atoms. The first-order valence-corrected chi connectivity index (χ1v) is 12.3. The number of aromatic nitrogens is 4. The van der Waals surface area contributed by atoms with Crippen LogP contribution >= 0.6 is 0 Å². The first-order chi connectivity index (χ1) is 16.6. The lowest BCUT2D eigenvalue weighted by Gasteiger charge is -2.11. The molecule has 0 spiro atoms. The van der Waals surface area contributed by atoms with Crippen molar-refractivity contribution in [3.05, 3.63) is 78.4 Å². The topological polar surface area (TPSA) is 107 Å². The Balaban J connectivity index is 1.76. The molecule has 0 aliphatic carbocycles. The highest BCUT2D eigenvalue weighted by Gasteiger charge is 2.25. The maximum atomic E-state index is 13.9. The van der Waals surface area contributed by atoms with Gasteiger partial charge in [0, 0.05) is 22.8 Å². The molecule has 5 rings (SSSR count). The molecule has 0 fully saturated rings. The van der Waals surface area contributed by atoms with Crippen molar-refractivity contribution in [3.63, 3.8) is 0 Å². The summed E-state index contributed by atoms with van der Waals surface area (Å²) < 4.78 is 54.8. The van der Waals surface area contributed by atoms with E-state index in [1.54, 1.807) is 32.0 Å². The molecule has 10 heteroatoms. The Hall–Kier alpha value is -4.05. The lowest BCUT2D eigenvalue weighted by Crippen LogP contribution is -2.23. The summed E-state index contributed by atoms with van der Waals surface area (Å²) in [6.07, 6.45) is 0. The molecule has 35 heavy (non-hydrogen) atoms. The van der Waals surface area contributed by atoms with E-state index in [1.807, 2.05) is 30.3 Å². The number of nitrogens with two attached hydrogens (primary N) is 1. The zero-order chi connectivity index (χ0) is 24.9. The Morgan fingerprint density at radius 3 is 2.23 bits per heavy atom. The van der Waals surface area contributed by atoms with Crippen molar-refractivity contribution in [1.82, 2.24) is 18.9 Å². The van der Waals surface area contributed by atoms with E-state index < -0.39 is 26.9 Å². The van der Waals surface area contributed by atoms with Gasteiger partial charge >= 0.3 is 0 Å². The van der Waals surface area contributed by atoms with Crippen molar-refractivity contribution in [2.24, 2.45) is 0 Å². The summed E-state index contributed by atoms with van der Waals surface area (Å²) in [7, 11) is -3.78. The normalized spacial score (nSPS) is 12.0. The van der Waals surface area contributed by atoms with E-state index in [0.29, 0.717) is 28.0 Å². The van der Waals surface area contributed by atoms with Crippen LogP contribution in [0.1, 0.15) is 13.8 Å². The highest BCUT2D eigenvalue weighted by atomic mass is 32.2. The average molecular weight is 494 g/mol. The minimum Gasteiger partial charge on any atom is -0.368 e. The summed E-state index contributed by atoms with van der Waals surface area (Å²) in [5.41, 5.74) is 9.40. The second kappa shape index (κ2) is 8.31. The Morgan fingerprint density at radius 2 is 1.57 bits per heavy atom. The quantitative estimate of drug-likeness (QED) is 0.350. The van der Waals surface area contributed by atoms with Crippen molar-refractivity contribution >= 4 is 27.0 Å². The summed E-state index contributed by atoms with van der Waals surface area (Å²) in [4.78, 5) is 12.0. The number of hydrogen-bond donors (Lipinski definition) is 2. The molecule has 7 nitrogen and oxygen atoms in total. The molecule has 5 aromatic rings. The van der Waals surface area contributed by atoms with Crippen LogP contribution in [0, 0.1) is 11.6 Å². The maximum Gasteiger partial charge on any atom is 0.244 e. The van der Waals surface area contributed by atoms with Gasteiger partial charge in [0.1, 0.15) is 17.5 Å². The molecule has 0 unspecified atom stereocenters. The molecular formula is C25H21F2N5O2S. The summed E-state index contributed by atoms with van der Waals surface area (Å²) in [5, 5.41) is -0.717. The smallest absolute Gasteiger partial charge is 0.244 e. The Kier molecular flexibility index (Phi) is 5.40. The molecule has 0 radical (unpaired) electrons. The fourth-order valence-electron chi connectivity index (χ4n) is 3.92. The van der Waals surface area contributed by atoms with Crippen LogP contribution in [0.5, 0.6) is 0 Å². The first-order valence-electron chi connectivity index (χ1n) is 10.8. The molecule has 0 saturated carbocycles. The largest absolute Gasteiger partial charge is 0.368 e. The van der Waals surface area contributed by atoms with Gasteiger partial charge in [0.15, 0.2) is 0 Å². The molecule has 2 heterocycles. The lowest BCUT2D eigenvalue weighted by molar-refractivity contribution is 0.580. The highest BCUT2D eigenvalue weighted by molar-refractivity contribution is 7.90.